The Morgan fingerprint density at radius 1 is 1.19 bits per heavy atom. The molecule has 0 bridgehead atoms. The van der Waals surface area contributed by atoms with Crippen LogP contribution >= 0.6 is 24.0 Å². The first-order valence-corrected chi connectivity index (χ1v) is 10.8. The molecule has 2 heterocycles. The number of halogens is 2. The first-order chi connectivity index (χ1) is 14.9. The van der Waals surface area contributed by atoms with Crippen molar-refractivity contribution in [2.75, 3.05) is 57.3 Å². The number of nitrogens with one attached hydrogen (secondary N) is 2. The predicted molar refractivity (Wildman–Crippen MR) is 137 cm³/mol. The number of aromatic nitrogens is 2. The van der Waals surface area contributed by atoms with Crippen molar-refractivity contribution in [3.05, 3.63) is 48.0 Å². The van der Waals surface area contributed by atoms with Crippen LogP contribution in [-0.2, 0) is 12.6 Å². The molecule has 1 aromatic heterocycles. The lowest BCUT2D eigenvalue weighted by Gasteiger charge is -2.36. The van der Waals surface area contributed by atoms with Crippen molar-refractivity contribution in [3.8, 4) is 0 Å². The summed E-state index contributed by atoms with van der Waals surface area (Å²) in [6, 6.07) is 6.70. The summed E-state index contributed by atoms with van der Waals surface area (Å²) in [6.07, 6.45) is 3.48. The summed E-state index contributed by atoms with van der Waals surface area (Å²) in [4.78, 5) is 9.25. The Morgan fingerprint density at radius 3 is 2.47 bits per heavy atom. The van der Waals surface area contributed by atoms with E-state index in [0.717, 1.165) is 57.1 Å². The van der Waals surface area contributed by atoms with Gasteiger partial charge in [-0.05, 0) is 38.1 Å². The second-order valence-corrected chi connectivity index (χ2v) is 8.10. The normalized spacial score (nSPS) is 16.9. The van der Waals surface area contributed by atoms with Gasteiger partial charge in [0.2, 0.25) is 0 Å². The standard InChI is InChI=1S/C22H34FN7O.HI/c1-4-24-21(26-17-22(2,31)18-15-27-28(3)16-18)25-9-10-29-11-13-30(14-12-29)20-7-5-19(23)6-8-20;/h5-8,15-16,31H,4,9-14,17H2,1-3H3,(H2,24,25,26);1H. The van der Waals surface area contributed by atoms with E-state index in [1.807, 2.05) is 26.1 Å². The van der Waals surface area contributed by atoms with Crippen LogP contribution in [0.3, 0.4) is 0 Å². The van der Waals surface area contributed by atoms with Gasteiger partial charge in [0.15, 0.2) is 5.96 Å². The molecule has 178 valence electrons. The van der Waals surface area contributed by atoms with Gasteiger partial charge in [-0.25, -0.2) is 9.38 Å². The minimum Gasteiger partial charge on any atom is -0.383 e. The summed E-state index contributed by atoms with van der Waals surface area (Å²) < 4.78 is 14.8. The number of nitrogens with zero attached hydrogens (tertiary/aromatic N) is 5. The number of hydrogen-bond donors (Lipinski definition) is 3. The molecule has 1 atom stereocenters. The molecule has 3 N–H and O–H groups in total. The van der Waals surface area contributed by atoms with Crippen LogP contribution in [0.1, 0.15) is 19.4 Å². The number of guanidine groups is 1. The van der Waals surface area contributed by atoms with Gasteiger partial charge in [-0.3, -0.25) is 9.58 Å². The Kier molecular flexibility index (Phi) is 10.2. The average Bonchev–Trinajstić information content (AvgIpc) is 3.20. The van der Waals surface area contributed by atoms with Crippen LogP contribution < -0.4 is 15.5 Å². The third-order valence-corrected chi connectivity index (χ3v) is 5.50. The van der Waals surface area contributed by atoms with Crippen molar-refractivity contribution in [1.29, 1.82) is 0 Å². The Bertz CT molecular complexity index is 848. The highest BCUT2D eigenvalue weighted by atomic mass is 127. The van der Waals surface area contributed by atoms with Gasteiger partial charge in [0.1, 0.15) is 11.4 Å². The van der Waals surface area contributed by atoms with Crippen molar-refractivity contribution in [3.63, 3.8) is 0 Å². The molecule has 8 nitrogen and oxygen atoms in total. The van der Waals surface area contributed by atoms with Crippen LogP contribution in [0.25, 0.3) is 0 Å². The average molecular weight is 559 g/mol. The van der Waals surface area contributed by atoms with E-state index in [0.29, 0.717) is 5.96 Å². The number of rotatable bonds is 8. The van der Waals surface area contributed by atoms with E-state index in [4.69, 9.17) is 0 Å². The molecule has 0 spiro atoms. The van der Waals surface area contributed by atoms with E-state index in [2.05, 4.69) is 30.5 Å². The molecule has 0 radical (unpaired) electrons. The van der Waals surface area contributed by atoms with Gasteiger partial charge in [-0.2, -0.15) is 5.10 Å². The summed E-state index contributed by atoms with van der Waals surface area (Å²) >= 11 is 0. The zero-order chi connectivity index (χ0) is 22.3. The quantitative estimate of drug-likeness (QED) is 0.260. The number of aryl methyl sites for hydroxylation is 1. The van der Waals surface area contributed by atoms with Crippen molar-refractivity contribution in [1.82, 2.24) is 25.3 Å². The fourth-order valence-electron chi connectivity index (χ4n) is 3.58. The van der Waals surface area contributed by atoms with Crippen LogP contribution in [0.5, 0.6) is 0 Å². The Balaban J connectivity index is 0.00000363. The molecule has 1 fully saturated rings. The molecule has 1 aliphatic heterocycles. The van der Waals surface area contributed by atoms with Crippen molar-refractivity contribution >= 4 is 35.6 Å². The summed E-state index contributed by atoms with van der Waals surface area (Å²) in [5.74, 6) is 0.491. The molecular formula is C22H35FIN7O. The number of piperazine rings is 1. The van der Waals surface area contributed by atoms with E-state index in [9.17, 15) is 9.50 Å². The molecule has 1 aromatic carbocycles. The molecule has 0 aliphatic carbocycles. The lowest BCUT2D eigenvalue weighted by Crippen LogP contribution is -2.49. The van der Waals surface area contributed by atoms with Crippen LogP contribution in [0, 0.1) is 5.82 Å². The number of anilines is 1. The minimum absolute atomic E-state index is 0. The second kappa shape index (κ2) is 12.4. The third kappa shape index (κ3) is 7.59. The fraction of sp³-hybridized carbons (Fsp3) is 0.545. The topological polar surface area (TPSA) is 80.9 Å². The van der Waals surface area contributed by atoms with Crippen molar-refractivity contribution in [2.45, 2.75) is 19.4 Å². The van der Waals surface area contributed by atoms with Gasteiger partial charge in [-0.15, -0.1) is 24.0 Å². The number of aliphatic imine (C=N–C) groups is 1. The van der Waals surface area contributed by atoms with Gasteiger partial charge in [0.05, 0.1) is 12.7 Å². The van der Waals surface area contributed by atoms with Crippen molar-refractivity contribution in [2.24, 2.45) is 12.0 Å². The molecule has 1 unspecified atom stereocenters. The fourth-order valence-corrected chi connectivity index (χ4v) is 3.58. The maximum atomic E-state index is 13.1. The van der Waals surface area contributed by atoms with Gasteiger partial charge < -0.3 is 20.6 Å². The molecule has 0 saturated carbocycles. The van der Waals surface area contributed by atoms with Gasteiger partial charge >= 0.3 is 0 Å². The first-order valence-electron chi connectivity index (χ1n) is 10.8. The maximum absolute atomic E-state index is 13.1. The summed E-state index contributed by atoms with van der Waals surface area (Å²) in [6.45, 7) is 10.2. The highest BCUT2D eigenvalue weighted by Gasteiger charge is 2.24. The molecule has 1 saturated heterocycles. The first kappa shape index (κ1) is 26.3. The third-order valence-electron chi connectivity index (χ3n) is 5.50. The molecule has 0 amide bonds. The van der Waals surface area contributed by atoms with E-state index < -0.39 is 5.60 Å². The smallest absolute Gasteiger partial charge is 0.191 e. The van der Waals surface area contributed by atoms with Gasteiger partial charge in [-0.1, -0.05) is 0 Å². The lowest BCUT2D eigenvalue weighted by atomic mass is 10.0. The maximum Gasteiger partial charge on any atom is 0.191 e. The Labute approximate surface area is 206 Å². The highest BCUT2D eigenvalue weighted by molar-refractivity contribution is 14.0. The monoisotopic (exact) mass is 559 g/mol. The molecule has 1 aliphatic rings. The largest absolute Gasteiger partial charge is 0.383 e. The van der Waals surface area contributed by atoms with Crippen LogP contribution in [0.2, 0.25) is 0 Å². The van der Waals surface area contributed by atoms with E-state index in [-0.39, 0.29) is 36.3 Å². The summed E-state index contributed by atoms with van der Waals surface area (Å²) in [5.41, 5.74) is 0.739. The van der Waals surface area contributed by atoms with Gasteiger partial charge in [0, 0.05) is 70.3 Å². The minimum atomic E-state index is -1.08. The Hall–Kier alpha value is -1.92. The second-order valence-electron chi connectivity index (χ2n) is 8.10. The van der Waals surface area contributed by atoms with Crippen LogP contribution in [-0.4, -0.2) is 78.1 Å². The van der Waals surface area contributed by atoms with Crippen LogP contribution in [0.15, 0.2) is 41.7 Å². The van der Waals surface area contributed by atoms with E-state index >= 15 is 0 Å². The van der Waals surface area contributed by atoms with E-state index in [1.54, 1.807) is 24.0 Å². The number of hydrogen-bond acceptors (Lipinski definition) is 5. The Morgan fingerprint density at radius 2 is 1.88 bits per heavy atom. The zero-order valence-electron chi connectivity index (χ0n) is 19.1. The highest BCUT2D eigenvalue weighted by Crippen LogP contribution is 2.20. The predicted octanol–water partition coefficient (Wildman–Crippen LogP) is 1.76. The molecular weight excluding hydrogens is 524 g/mol. The molecule has 32 heavy (non-hydrogen) atoms. The number of aliphatic hydroxyl groups is 1. The lowest BCUT2D eigenvalue weighted by molar-refractivity contribution is 0.0671. The van der Waals surface area contributed by atoms with Gasteiger partial charge in [0.25, 0.3) is 0 Å². The summed E-state index contributed by atoms with van der Waals surface area (Å²) in [5, 5.41) is 21.4. The molecule has 3 rings (SSSR count). The van der Waals surface area contributed by atoms with E-state index in [1.165, 1.54) is 12.1 Å². The molecule has 10 heteroatoms. The molecule has 2 aromatic rings. The van der Waals surface area contributed by atoms with Crippen LogP contribution in [0.4, 0.5) is 10.1 Å². The summed E-state index contributed by atoms with van der Waals surface area (Å²) in [7, 11) is 1.83. The van der Waals surface area contributed by atoms with Crippen molar-refractivity contribution < 1.29 is 9.50 Å². The number of benzene rings is 1. The zero-order valence-corrected chi connectivity index (χ0v) is 21.4. The SMILES string of the molecule is CCNC(=NCC(C)(O)c1cnn(C)c1)NCCN1CCN(c2ccc(F)cc2)CC1.I.